The molecule has 1 atom stereocenters. The third-order valence-electron chi connectivity index (χ3n) is 4.51. The number of fused-ring (bicyclic) bond motifs is 1. The Morgan fingerprint density at radius 3 is 2.52 bits per heavy atom. The molecule has 2 heterocycles. The van der Waals surface area contributed by atoms with E-state index in [1.807, 2.05) is 0 Å². The van der Waals surface area contributed by atoms with Crippen LogP contribution in [0.4, 0.5) is 5.69 Å². The predicted molar refractivity (Wildman–Crippen MR) is 102 cm³/mol. The van der Waals surface area contributed by atoms with Gasteiger partial charge in [-0.25, -0.2) is 4.68 Å². The lowest BCUT2D eigenvalue weighted by Gasteiger charge is -2.21. The fourth-order valence-electron chi connectivity index (χ4n) is 3.13. The van der Waals surface area contributed by atoms with Crippen LogP contribution in [-0.2, 0) is 10.4 Å². The molecule has 0 fully saturated rings. The first-order chi connectivity index (χ1) is 12.9. The Balaban J connectivity index is 1.64. The van der Waals surface area contributed by atoms with Gasteiger partial charge in [0.2, 0.25) is 0 Å². The maximum absolute atomic E-state index is 12.7. The van der Waals surface area contributed by atoms with Crippen molar-refractivity contribution >= 4 is 40.6 Å². The molecule has 27 heavy (non-hydrogen) atoms. The van der Waals surface area contributed by atoms with Crippen molar-refractivity contribution in [2.75, 3.05) is 5.32 Å². The van der Waals surface area contributed by atoms with E-state index in [1.165, 1.54) is 12.1 Å². The van der Waals surface area contributed by atoms with Gasteiger partial charge >= 0.3 is 0 Å². The molecule has 1 unspecified atom stereocenters. The summed E-state index contributed by atoms with van der Waals surface area (Å²) in [7, 11) is 0. The van der Waals surface area contributed by atoms with Crippen LogP contribution < -0.4 is 5.32 Å². The Morgan fingerprint density at radius 2 is 1.85 bits per heavy atom. The molecule has 136 valence electrons. The molecule has 4 rings (SSSR count). The van der Waals surface area contributed by atoms with Gasteiger partial charge in [-0.1, -0.05) is 23.2 Å². The van der Waals surface area contributed by atoms with Crippen molar-refractivity contribution in [1.29, 1.82) is 0 Å². The zero-order chi connectivity index (χ0) is 19.2. The van der Waals surface area contributed by atoms with Gasteiger partial charge in [0.1, 0.15) is 0 Å². The van der Waals surface area contributed by atoms with E-state index in [0.29, 0.717) is 5.56 Å². The van der Waals surface area contributed by atoms with Crippen LogP contribution in [0.1, 0.15) is 22.3 Å². The summed E-state index contributed by atoms with van der Waals surface area (Å²) in [5, 5.41) is 18.0. The van der Waals surface area contributed by atoms with E-state index in [-0.39, 0.29) is 21.3 Å². The molecule has 2 aromatic carbocycles. The van der Waals surface area contributed by atoms with Crippen LogP contribution >= 0.6 is 23.2 Å². The minimum atomic E-state index is -2.07. The fraction of sp³-hybridized carbons (Fsp3) is 0.105. The molecule has 1 aliphatic heterocycles. The van der Waals surface area contributed by atoms with Gasteiger partial charge in [0.15, 0.2) is 11.4 Å². The number of amides is 1. The van der Waals surface area contributed by atoms with Crippen LogP contribution in [0.25, 0.3) is 5.69 Å². The zero-order valence-electron chi connectivity index (χ0n) is 13.8. The van der Waals surface area contributed by atoms with Gasteiger partial charge in [0, 0.05) is 28.5 Å². The third-order valence-corrected chi connectivity index (χ3v) is 5.14. The summed E-state index contributed by atoms with van der Waals surface area (Å²) in [6.45, 7) is 0. The average molecular weight is 402 g/mol. The Morgan fingerprint density at radius 1 is 1.15 bits per heavy atom. The topological polar surface area (TPSA) is 84.2 Å². The van der Waals surface area contributed by atoms with Gasteiger partial charge < -0.3 is 10.4 Å². The van der Waals surface area contributed by atoms with Crippen LogP contribution in [0.15, 0.2) is 54.9 Å². The second-order valence-electron chi connectivity index (χ2n) is 6.19. The quantitative estimate of drug-likeness (QED) is 0.654. The van der Waals surface area contributed by atoms with E-state index in [9.17, 15) is 14.7 Å². The SMILES string of the molecule is O=C(CC1(O)C(=O)Nc2c(Cl)ccc(Cl)c21)c1ccc(-n2cccn2)cc1. The maximum atomic E-state index is 12.7. The van der Waals surface area contributed by atoms with Gasteiger partial charge in [-0.3, -0.25) is 9.59 Å². The van der Waals surface area contributed by atoms with Crippen LogP contribution in [0.5, 0.6) is 0 Å². The molecule has 8 heteroatoms. The highest BCUT2D eigenvalue weighted by Crippen LogP contribution is 2.46. The molecule has 2 N–H and O–H groups in total. The number of anilines is 1. The largest absolute Gasteiger partial charge is 0.375 e. The number of hydrogen-bond donors (Lipinski definition) is 2. The molecule has 1 aromatic heterocycles. The van der Waals surface area contributed by atoms with E-state index in [1.54, 1.807) is 47.4 Å². The monoisotopic (exact) mass is 401 g/mol. The van der Waals surface area contributed by atoms with Gasteiger partial charge in [-0.15, -0.1) is 0 Å². The molecular weight excluding hydrogens is 389 g/mol. The molecule has 3 aromatic rings. The molecule has 0 bridgehead atoms. The molecule has 1 amide bonds. The van der Waals surface area contributed by atoms with Crippen molar-refractivity contribution in [1.82, 2.24) is 9.78 Å². The Kier molecular flexibility index (Phi) is 4.26. The lowest BCUT2D eigenvalue weighted by molar-refractivity contribution is -0.133. The summed E-state index contributed by atoms with van der Waals surface area (Å²) in [6, 6.07) is 11.5. The number of rotatable bonds is 4. The molecular formula is C19H13Cl2N3O3. The molecule has 1 aliphatic rings. The highest BCUT2D eigenvalue weighted by atomic mass is 35.5. The summed E-state index contributed by atoms with van der Waals surface area (Å²) in [5.74, 6) is -1.13. The Labute approximate surface area is 164 Å². The number of hydrogen-bond acceptors (Lipinski definition) is 4. The highest BCUT2D eigenvalue weighted by molar-refractivity contribution is 6.38. The molecule has 0 saturated heterocycles. The molecule has 0 radical (unpaired) electrons. The number of nitrogens with one attached hydrogen (secondary N) is 1. The van der Waals surface area contributed by atoms with E-state index in [0.717, 1.165) is 5.69 Å². The number of benzene rings is 2. The van der Waals surface area contributed by atoms with Crippen LogP contribution in [-0.4, -0.2) is 26.6 Å². The summed E-state index contributed by atoms with van der Waals surface area (Å²) in [4.78, 5) is 25.1. The predicted octanol–water partition coefficient (Wildman–Crippen LogP) is 3.59. The minimum absolute atomic E-state index is 0.128. The average Bonchev–Trinajstić information content (AvgIpc) is 3.27. The summed E-state index contributed by atoms with van der Waals surface area (Å²) >= 11 is 12.2. The van der Waals surface area contributed by atoms with Crippen LogP contribution in [0.3, 0.4) is 0 Å². The van der Waals surface area contributed by atoms with Crippen molar-refractivity contribution in [3.05, 3.63) is 76.0 Å². The normalized spacial score (nSPS) is 18.3. The zero-order valence-corrected chi connectivity index (χ0v) is 15.3. The molecule has 0 saturated carbocycles. The lowest BCUT2D eigenvalue weighted by Crippen LogP contribution is -2.36. The molecule has 0 spiro atoms. The van der Waals surface area contributed by atoms with Gasteiger partial charge in [-0.2, -0.15) is 5.10 Å². The highest BCUT2D eigenvalue weighted by Gasteiger charge is 2.49. The van der Waals surface area contributed by atoms with Crippen molar-refractivity contribution in [2.24, 2.45) is 0 Å². The first-order valence-electron chi connectivity index (χ1n) is 8.06. The smallest absolute Gasteiger partial charge is 0.261 e. The van der Waals surface area contributed by atoms with E-state index >= 15 is 0 Å². The molecule has 0 aliphatic carbocycles. The number of aromatic nitrogens is 2. The van der Waals surface area contributed by atoms with Gasteiger partial charge in [-0.05, 0) is 42.5 Å². The van der Waals surface area contributed by atoms with Crippen LogP contribution in [0, 0.1) is 0 Å². The minimum Gasteiger partial charge on any atom is -0.375 e. The Hall–Kier alpha value is -2.67. The van der Waals surface area contributed by atoms with Crippen LogP contribution in [0.2, 0.25) is 10.0 Å². The third kappa shape index (κ3) is 2.92. The maximum Gasteiger partial charge on any atom is 0.261 e. The summed E-state index contributed by atoms with van der Waals surface area (Å²) in [6.07, 6.45) is 2.98. The summed E-state index contributed by atoms with van der Waals surface area (Å²) in [5.41, 5.74) is -0.566. The first-order valence-corrected chi connectivity index (χ1v) is 8.81. The number of carbonyl (C=O) groups is 2. The summed E-state index contributed by atoms with van der Waals surface area (Å²) < 4.78 is 1.66. The Bertz CT molecular complexity index is 1050. The van der Waals surface area contributed by atoms with Crippen molar-refractivity contribution in [3.8, 4) is 5.69 Å². The number of halogens is 2. The molecule has 6 nitrogen and oxygen atoms in total. The number of nitrogens with zero attached hydrogens (tertiary/aromatic N) is 2. The van der Waals surface area contributed by atoms with Crippen molar-refractivity contribution in [3.63, 3.8) is 0 Å². The number of Topliss-reactive ketones (excluding diaryl/α,β-unsaturated/α-hetero) is 1. The van der Waals surface area contributed by atoms with Gasteiger partial charge in [0.25, 0.3) is 5.91 Å². The number of ketones is 1. The fourth-order valence-corrected chi connectivity index (χ4v) is 3.65. The first kappa shape index (κ1) is 17.7. The van der Waals surface area contributed by atoms with E-state index in [2.05, 4.69) is 10.4 Å². The van der Waals surface area contributed by atoms with E-state index < -0.39 is 23.7 Å². The van der Waals surface area contributed by atoms with E-state index in [4.69, 9.17) is 23.2 Å². The standard InChI is InChI=1S/C19H13Cl2N3O3/c20-13-6-7-14(21)17-16(13)19(27,18(26)23-17)10-15(25)11-2-4-12(5-3-11)24-9-1-8-22-24/h1-9,27H,10H2,(H,23,26). The number of carbonyl (C=O) groups excluding carboxylic acids is 2. The second-order valence-corrected chi connectivity index (χ2v) is 7.01. The van der Waals surface area contributed by atoms with Crippen molar-refractivity contribution < 1.29 is 14.7 Å². The second kappa shape index (κ2) is 6.49. The van der Waals surface area contributed by atoms with Crippen molar-refractivity contribution in [2.45, 2.75) is 12.0 Å². The number of aliphatic hydroxyl groups is 1. The lowest BCUT2D eigenvalue weighted by atomic mass is 9.88. The van der Waals surface area contributed by atoms with Gasteiger partial charge in [0.05, 0.1) is 22.8 Å².